The Labute approximate surface area is 91.6 Å². The van der Waals surface area contributed by atoms with Crippen LogP contribution in [0.2, 0.25) is 0 Å². The van der Waals surface area contributed by atoms with Gasteiger partial charge in [0.2, 0.25) is 0 Å². The minimum Gasteiger partial charge on any atom is -0.267 e. The Balaban J connectivity index is 2.66. The van der Waals surface area contributed by atoms with Crippen molar-refractivity contribution in [2.75, 3.05) is 0 Å². The molecule has 82 valence electrons. The van der Waals surface area contributed by atoms with E-state index < -0.39 is 11.2 Å². The summed E-state index contributed by atoms with van der Waals surface area (Å²) in [4.78, 5) is 22.9. The van der Waals surface area contributed by atoms with E-state index in [1.807, 2.05) is 19.1 Å². The van der Waals surface area contributed by atoms with Gasteiger partial charge < -0.3 is 0 Å². The average Bonchev–Trinajstić information content (AvgIpc) is 2.28. The molecule has 5 nitrogen and oxygen atoms in total. The van der Waals surface area contributed by atoms with Gasteiger partial charge >= 0.3 is 5.69 Å². The molecule has 5 heteroatoms. The molecule has 0 saturated carbocycles. The lowest BCUT2D eigenvalue weighted by Gasteiger charge is -2.05. The fourth-order valence-corrected chi connectivity index (χ4v) is 1.34. The van der Waals surface area contributed by atoms with Crippen molar-refractivity contribution in [1.82, 2.24) is 14.3 Å². The number of aromatic nitrogens is 3. The Morgan fingerprint density at radius 3 is 2.38 bits per heavy atom. The van der Waals surface area contributed by atoms with Gasteiger partial charge in [-0.1, -0.05) is 17.7 Å². The summed E-state index contributed by atoms with van der Waals surface area (Å²) < 4.78 is 2.22. The summed E-state index contributed by atoms with van der Waals surface area (Å²) >= 11 is 0. The number of hydrogen-bond donors (Lipinski definition) is 0. The molecule has 2 aromatic rings. The molecule has 0 unspecified atom stereocenters. The average molecular weight is 217 g/mol. The minimum absolute atomic E-state index is 0.409. The van der Waals surface area contributed by atoms with Crippen LogP contribution in [0, 0.1) is 6.92 Å². The fraction of sp³-hybridized carbons (Fsp3) is 0.182. The van der Waals surface area contributed by atoms with Crippen LogP contribution < -0.4 is 11.2 Å². The standard InChI is InChI=1S/C11H11N3O2/c1-8-3-5-9(6-4-8)14-11(16)13(2)10(15)7-12-14/h3-7H,1-2H3. The molecule has 0 atom stereocenters. The lowest BCUT2D eigenvalue weighted by Crippen LogP contribution is -2.38. The maximum absolute atomic E-state index is 11.7. The topological polar surface area (TPSA) is 56.9 Å². The van der Waals surface area contributed by atoms with E-state index in [1.54, 1.807) is 12.1 Å². The highest BCUT2D eigenvalue weighted by Crippen LogP contribution is 2.04. The highest BCUT2D eigenvalue weighted by molar-refractivity contribution is 5.32. The van der Waals surface area contributed by atoms with E-state index in [1.165, 1.54) is 11.7 Å². The predicted molar refractivity (Wildman–Crippen MR) is 59.8 cm³/mol. The van der Waals surface area contributed by atoms with Gasteiger partial charge in [-0.15, -0.1) is 0 Å². The smallest absolute Gasteiger partial charge is 0.267 e. The van der Waals surface area contributed by atoms with E-state index in [0.717, 1.165) is 16.3 Å². The van der Waals surface area contributed by atoms with Crippen LogP contribution in [-0.2, 0) is 7.05 Å². The van der Waals surface area contributed by atoms with Gasteiger partial charge in [-0.05, 0) is 19.1 Å². The first-order valence-corrected chi connectivity index (χ1v) is 4.82. The van der Waals surface area contributed by atoms with E-state index in [4.69, 9.17) is 0 Å². The third-order valence-corrected chi connectivity index (χ3v) is 2.36. The predicted octanol–water partition coefficient (Wildman–Crippen LogP) is 0.240. The van der Waals surface area contributed by atoms with Gasteiger partial charge in [-0.3, -0.25) is 9.36 Å². The van der Waals surface area contributed by atoms with E-state index in [-0.39, 0.29) is 0 Å². The molecule has 1 heterocycles. The van der Waals surface area contributed by atoms with E-state index >= 15 is 0 Å². The molecule has 0 spiro atoms. The molecule has 0 saturated heterocycles. The molecule has 0 bridgehead atoms. The van der Waals surface area contributed by atoms with Gasteiger partial charge in [-0.2, -0.15) is 9.78 Å². The van der Waals surface area contributed by atoms with Gasteiger partial charge in [0.25, 0.3) is 5.56 Å². The molecule has 0 aliphatic heterocycles. The first kappa shape index (κ1) is 10.4. The van der Waals surface area contributed by atoms with Crippen molar-refractivity contribution in [2.45, 2.75) is 6.92 Å². The second kappa shape index (κ2) is 3.77. The van der Waals surface area contributed by atoms with Gasteiger partial charge in [0.1, 0.15) is 6.20 Å². The summed E-state index contributed by atoms with van der Waals surface area (Å²) in [6.45, 7) is 1.96. The molecule has 0 radical (unpaired) electrons. The Morgan fingerprint density at radius 1 is 1.12 bits per heavy atom. The van der Waals surface area contributed by atoms with Crippen molar-refractivity contribution in [2.24, 2.45) is 7.05 Å². The third kappa shape index (κ3) is 1.67. The highest BCUT2D eigenvalue weighted by atomic mass is 16.2. The van der Waals surface area contributed by atoms with Crippen LogP contribution in [0.15, 0.2) is 40.1 Å². The van der Waals surface area contributed by atoms with Crippen LogP contribution in [-0.4, -0.2) is 14.3 Å². The Bertz CT molecular complexity index is 623. The summed E-state index contributed by atoms with van der Waals surface area (Å²) in [5.74, 6) is 0. The van der Waals surface area contributed by atoms with Crippen LogP contribution in [0.3, 0.4) is 0 Å². The molecule has 16 heavy (non-hydrogen) atoms. The van der Waals surface area contributed by atoms with E-state index in [0.29, 0.717) is 5.69 Å². The lowest BCUT2D eigenvalue weighted by molar-refractivity contribution is 0.655. The van der Waals surface area contributed by atoms with Crippen LogP contribution >= 0.6 is 0 Å². The summed E-state index contributed by atoms with van der Waals surface area (Å²) in [5, 5.41) is 3.81. The highest BCUT2D eigenvalue weighted by Gasteiger charge is 2.04. The number of nitrogens with zero attached hydrogens (tertiary/aromatic N) is 3. The van der Waals surface area contributed by atoms with Crippen LogP contribution in [0.5, 0.6) is 0 Å². The number of aryl methyl sites for hydroxylation is 1. The first-order valence-electron chi connectivity index (χ1n) is 4.82. The summed E-state index contributed by atoms with van der Waals surface area (Å²) in [6, 6.07) is 7.34. The third-order valence-electron chi connectivity index (χ3n) is 2.36. The van der Waals surface area contributed by atoms with E-state index in [9.17, 15) is 9.59 Å². The van der Waals surface area contributed by atoms with Crippen LogP contribution in [0.4, 0.5) is 0 Å². The molecular formula is C11H11N3O2. The van der Waals surface area contributed by atoms with Crippen molar-refractivity contribution in [3.05, 3.63) is 56.9 Å². The van der Waals surface area contributed by atoms with Crippen LogP contribution in [0.1, 0.15) is 5.56 Å². The summed E-state index contributed by atoms with van der Waals surface area (Å²) in [7, 11) is 1.43. The second-order valence-electron chi connectivity index (χ2n) is 3.57. The molecule has 0 aliphatic rings. The van der Waals surface area contributed by atoms with Gasteiger partial charge in [-0.25, -0.2) is 4.79 Å². The summed E-state index contributed by atoms with van der Waals surface area (Å²) in [5.41, 5.74) is 0.887. The molecule has 2 rings (SSSR count). The number of hydrogen-bond acceptors (Lipinski definition) is 3. The van der Waals surface area contributed by atoms with Crippen LogP contribution in [0.25, 0.3) is 5.69 Å². The zero-order valence-electron chi connectivity index (χ0n) is 9.04. The zero-order valence-corrected chi connectivity index (χ0v) is 9.04. The molecule has 0 amide bonds. The molecule has 0 fully saturated rings. The SMILES string of the molecule is Cc1ccc(-n2ncc(=O)n(C)c2=O)cc1. The van der Waals surface area contributed by atoms with Crippen molar-refractivity contribution in [3.8, 4) is 5.69 Å². The Kier molecular flexibility index (Phi) is 2.44. The van der Waals surface area contributed by atoms with Crippen molar-refractivity contribution in [3.63, 3.8) is 0 Å². The van der Waals surface area contributed by atoms with E-state index in [2.05, 4.69) is 5.10 Å². The summed E-state index contributed by atoms with van der Waals surface area (Å²) in [6.07, 6.45) is 1.13. The molecular weight excluding hydrogens is 206 g/mol. The lowest BCUT2D eigenvalue weighted by atomic mass is 10.2. The molecule has 0 N–H and O–H groups in total. The normalized spacial score (nSPS) is 10.4. The van der Waals surface area contributed by atoms with Crippen molar-refractivity contribution < 1.29 is 0 Å². The fourth-order valence-electron chi connectivity index (χ4n) is 1.34. The maximum atomic E-state index is 11.7. The minimum atomic E-state index is -0.448. The van der Waals surface area contributed by atoms with Gasteiger partial charge in [0.15, 0.2) is 0 Å². The maximum Gasteiger partial charge on any atom is 0.351 e. The molecule has 0 aliphatic carbocycles. The Hall–Kier alpha value is -2.17. The van der Waals surface area contributed by atoms with Crippen molar-refractivity contribution >= 4 is 0 Å². The zero-order chi connectivity index (χ0) is 11.7. The largest absolute Gasteiger partial charge is 0.351 e. The second-order valence-corrected chi connectivity index (χ2v) is 3.57. The molecule has 1 aromatic heterocycles. The quantitative estimate of drug-likeness (QED) is 0.687. The van der Waals surface area contributed by atoms with Gasteiger partial charge in [0.05, 0.1) is 5.69 Å². The monoisotopic (exact) mass is 217 g/mol. The number of benzene rings is 1. The van der Waals surface area contributed by atoms with Crippen molar-refractivity contribution in [1.29, 1.82) is 0 Å². The Morgan fingerprint density at radius 2 is 1.75 bits per heavy atom. The van der Waals surface area contributed by atoms with Gasteiger partial charge in [0, 0.05) is 7.05 Å². The first-order chi connectivity index (χ1) is 7.59. The number of rotatable bonds is 1. The molecule has 1 aromatic carbocycles.